The van der Waals surface area contributed by atoms with E-state index in [0.29, 0.717) is 5.11 Å². The van der Waals surface area contributed by atoms with Crippen molar-refractivity contribution in [3.63, 3.8) is 0 Å². The summed E-state index contributed by atoms with van der Waals surface area (Å²) in [6, 6.07) is 0. The summed E-state index contributed by atoms with van der Waals surface area (Å²) < 4.78 is 0. The van der Waals surface area contributed by atoms with Crippen LogP contribution in [0.15, 0.2) is 0 Å². The van der Waals surface area contributed by atoms with Gasteiger partial charge in [-0.2, -0.15) is 0 Å². The summed E-state index contributed by atoms with van der Waals surface area (Å²) in [6.45, 7) is 0.981. The van der Waals surface area contributed by atoms with Gasteiger partial charge in [0.15, 0.2) is 5.11 Å². The van der Waals surface area contributed by atoms with Crippen LogP contribution in [-0.4, -0.2) is 18.8 Å². The van der Waals surface area contributed by atoms with Crippen molar-refractivity contribution >= 4 is 17.3 Å². The Balaban J connectivity index is 1.96. The minimum Gasteiger partial charge on any atom is -0.361 e. The van der Waals surface area contributed by atoms with Crippen LogP contribution in [-0.2, 0) is 4.84 Å². The Morgan fingerprint density at radius 1 is 1.64 bits per heavy atom. The smallest absolute Gasteiger partial charge is 0.190 e. The van der Waals surface area contributed by atoms with Crippen molar-refractivity contribution in [1.29, 1.82) is 0 Å². The second-order valence-corrected chi connectivity index (χ2v) is 3.22. The van der Waals surface area contributed by atoms with Crippen molar-refractivity contribution in [1.82, 2.24) is 10.8 Å². The summed E-state index contributed by atoms with van der Waals surface area (Å²) in [5.74, 6) is 0.826. The summed E-state index contributed by atoms with van der Waals surface area (Å²) in [4.78, 5) is 4.63. The monoisotopic (exact) mass is 174 g/mol. The number of thiocarbonyl (C=S) groups is 1. The number of rotatable bonds is 3. The lowest BCUT2D eigenvalue weighted by Crippen LogP contribution is -2.38. The van der Waals surface area contributed by atoms with Gasteiger partial charge in [0.25, 0.3) is 0 Å². The summed E-state index contributed by atoms with van der Waals surface area (Å²) in [5, 5.41) is 3.66. The van der Waals surface area contributed by atoms with Crippen LogP contribution in [0.5, 0.6) is 0 Å². The molecule has 0 spiro atoms. The Morgan fingerprint density at radius 2 is 2.36 bits per heavy atom. The Hall–Kier alpha value is -0.350. The molecule has 0 saturated heterocycles. The molecule has 0 aliphatic heterocycles. The van der Waals surface area contributed by atoms with Crippen molar-refractivity contribution < 1.29 is 4.84 Å². The van der Waals surface area contributed by atoms with Gasteiger partial charge in [0, 0.05) is 6.54 Å². The zero-order valence-corrected chi connectivity index (χ0v) is 7.54. The maximum atomic E-state index is 4.90. The molecule has 1 fully saturated rings. The quantitative estimate of drug-likeness (QED) is 0.490. The largest absolute Gasteiger partial charge is 0.361 e. The van der Waals surface area contributed by atoms with Crippen molar-refractivity contribution in [2.45, 2.75) is 19.3 Å². The molecule has 0 heterocycles. The summed E-state index contributed by atoms with van der Waals surface area (Å²) >= 11 is 4.90. The van der Waals surface area contributed by atoms with Crippen LogP contribution in [0.1, 0.15) is 19.3 Å². The van der Waals surface area contributed by atoms with Gasteiger partial charge in [-0.25, -0.2) is 5.48 Å². The van der Waals surface area contributed by atoms with Crippen LogP contribution < -0.4 is 10.8 Å². The van der Waals surface area contributed by atoms with Gasteiger partial charge in [-0.05, 0) is 31.0 Å². The molecule has 1 rings (SSSR count). The molecule has 0 aromatic rings. The average molecular weight is 174 g/mol. The molecule has 0 bridgehead atoms. The van der Waals surface area contributed by atoms with Crippen LogP contribution in [0, 0.1) is 5.92 Å². The molecular formula is C7H14N2OS. The van der Waals surface area contributed by atoms with E-state index in [1.54, 1.807) is 7.11 Å². The Kier molecular flexibility index (Phi) is 3.59. The van der Waals surface area contributed by atoms with E-state index in [9.17, 15) is 0 Å². The number of nitrogens with one attached hydrogen (secondary N) is 2. The summed E-state index contributed by atoms with van der Waals surface area (Å²) in [6.07, 6.45) is 4.04. The highest BCUT2D eigenvalue weighted by Crippen LogP contribution is 2.24. The normalized spacial score (nSPS) is 17.2. The molecule has 3 nitrogen and oxygen atoms in total. The summed E-state index contributed by atoms with van der Waals surface area (Å²) in [7, 11) is 1.55. The second kappa shape index (κ2) is 4.51. The molecule has 1 aliphatic rings. The molecule has 64 valence electrons. The lowest BCUT2D eigenvalue weighted by Gasteiger charge is -2.25. The third-order valence-electron chi connectivity index (χ3n) is 1.97. The molecule has 2 N–H and O–H groups in total. The molecule has 0 aromatic heterocycles. The molecular weight excluding hydrogens is 160 g/mol. The molecule has 1 aliphatic carbocycles. The highest BCUT2D eigenvalue weighted by atomic mass is 32.1. The van der Waals surface area contributed by atoms with Crippen LogP contribution in [0.4, 0.5) is 0 Å². The van der Waals surface area contributed by atoms with Gasteiger partial charge in [-0.1, -0.05) is 6.42 Å². The third-order valence-corrected chi connectivity index (χ3v) is 2.20. The van der Waals surface area contributed by atoms with Crippen molar-refractivity contribution in [3.05, 3.63) is 0 Å². The Bertz CT molecular complexity index is 136. The molecule has 1 saturated carbocycles. The van der Waals surface area contributed by atoms with Gasteiger partial charge in [-0.3, -0.25) is 4.84 Å². The minimum atomic E-state index is 0.583. The van der Waals surface area contributed by atoms with Crippen LogP contribution >= 0.6 is 12.2 Å². The van der Waals surface area contributed by atoms with E-state index in [2.05, 4.69) is 15.6 Å². The van der Waals surface area contributed by atoms with Crippen LogP contribution in [0.25, 0.3) is 0 Å². The van der Waals surface area contributed by atoms with Crippen molar-refractivity contribution in [3.8, 4) is 0 Å². The van der Waals surface area contributed by atoms with E-state index >= 15 is 0 Å². The Morgan fingerprint density at radius 3 is 2.82 bits per heavy atom. The summed E-state index contributed by atoms with van der Waals surface area (Å²) in [5.41, 5.74) is 2.57. The SMILES string of the molecule is CONC(=S)NCC1CCC1. The van der Waals surface area contributed by atoms with Gasteiger partial charge in [0.2, 0.25) is 0 Å². The first-order valence-electron chi connectivity index (χ1n) is 3.89. The molecule has 4 heteroatoms. The van der Waals surface area contributed by atoms with Crippen molar-refractivity contribution in [2.75, 3.05) is 13.7 Å². The van der Waals surface area contributed by atoms with E-state index in [-0.39, 0.29) is 0 Å². The molecule has 0 amide bonds. The highest BCUT2D eigenvalue weighted by molar-refractivity contribution is 7.80. The molecule has 0 atom stereocenters. The topological polar surface area (TPSA) is 33.3 Å². The Labute approximate surface area is 72.4 Å². The number of hydroxylamine groups is 1. The maximum absolute atomic E-state index is 4.90. The van der Waals surface area contributed by atoms with Gasteiger partial charge in [0.1, 0.15) is 0 Å². The second-order valence-electron chi connectivity index (χ2n) is 2.81. The predicted molar refractivity (Wildman–Crippen MR) is 48.1 cm³/mol. The maximum Gasteiger partial charge on any atom is 0.190 e. The fourth-order valence-electron chi connectivity index (χ4n) is 1.06. The number of hydrogen-bond donors (Lipinski definition) is 2. The minimum absolute atomic E-state index is 0.583. The zero-order valence-electron chi connectivity index (χ0n) is 6.72. The fraction of sp³-hybridized carbons (Fsp3) is 0.857. The van der Waals surface area contributed by atoms with E-state index < -0.39 is 0 Å². The molecule has 0 unspecified atom stereocenters. The van der Waals surface area contributed by atoms with Crippen LogP contribution in [0.3, 0.4) is 0 Å². The molecule has 0 aromatic carbocycles. The number of hydrogen-bond acceptors (Lipinski definition) is 2. The first-order chi connectivity index (χ1) is 5.33. The van der Waals surface area contributed by atoms with Crippen LogP contribution in [0.2, 0.25) is 0 Å². The van der Waals surface area contributed by atoms with E-state index in [4.69, 9.17) is 12.2 Å². The first kappa shape index (κ1) is 8.74. The van der Waals surface area contributed by atoms with Gasteiger partial charge >= 0.3 is 0 Å². The zero-order chi connectivity index (χ0) is 8.10. The predicted octanol–water partition coefficient (Wildman–Crippen LogP) is 0.812. The van der Waals surface area contributed by atoms with Gasteiger partial charge in [-0.15, -0.1) is 0 Å². The molecule has 0 radical (unpaired) electrons. The highest BCUT2D eigenvalue weighted by Gasteiger charge is 2.16. The van der Waals surface area contributed by atoms with Gasteiger partial charge < -0.3 is 5.32 Å². The lowest BCUT2D eigenvalue weighted by atomic mass is 9.85. The molecule has 11 heavy (non-hydrogen) atoms. The fourth-order valence-corrected chi connectivity index (χ4v) is 1.23. The van der Waals surface area contributed by atoms with Crippen molar-refractivity contribution in [2.24, 2.45) is 5.92 Å². The third kappa shape index (κ3) is 3.03. The average Bonchev–Trinajstić information content (AvgIpc) is 1.85. The van der Waals surface area contributed by atoms with Gasteiger partial charge in [0.05, 0.1) is 7.11 Å². The van der Waals surface area contributed by atoms with E-state index in [1.165, 1.54) is 19.3 Å². The van der Waals surface area contributed by atoms with E-state index in [0.717, 1.165) is 12.5 Å². The standard InChI is InChI=1S/C7H14N2OS/c1-10-9-7(11)8-5-6-3-2-4-6/h6H,2-5H2,1H3,(H2,8,9,11). The van der Waals surface area contributed by atoms with E-state index in [1.807, 2.05) is 0 Å². The first-order valence-corrected chi connectivity index (χ1v) is 4.30. The lowest BCUT2D eigenvalue weighted by molar-refractivity contribution is 0.142.